The maximum atomic E-state index is 12.6. The third kappa shape index (κ3) is 4.64. The van der Waals surface area contributed by atoms with Crippen LogP contribution in [0.25, 0.3) is 0 Å². The van der Waals surface area contributed by atoms with E-state index in [9.17, 15) is 4.79 Å². The highest BCUT2D eigenvalue weighted by molar-refractivity contribution is 5.97. The molecular weight excluding hydrogens is 270 g/mol. The number of nitrogens with one attached hydrogen (secondary N) is 1. The summed E-state index contributed by atoms with van der Waals surface area (Å²) in [6.45, 7) is 10.0. The highest BCUT2D eigenvalue weighted by Gasteiger charge is 2.21. The molecule has 0 fully saturated rings. The lowest BCUT2D eigenvalue weighted by Gasteiger charge is -2.21. The second kappa shape index (κ2) is 8.53. The molecular formula is C14H25N5O2. The van der Waals surface area contributed by atoms with Gasteiger partial charge in [0, 0.05) is 25.6 Å². The summed E-state index contributed by atoms with van der Waals surface area (Å²) in [7, 11) is 0. The molecule has 0 bridgehead atoms. The first-order valence-corrected chi connectivity index (χ1v) is 7.25. The van der Waals surface area contributed by atoms with Gasteiger partial charge in [-0.3, -0.25) is 10.6 Å². The van der Waals surface area contributed by atoms with Gasteiger partial charge in [0.2, 0.25) is 0 Å². The molecule has 0 spiro atoms. The van der Waals surface area contributed by atoms with Crippen LogP contribution in [0.15, 0.2) is 6.20 Å². The second-order valence-electron chi connectivity index (χ2n) is 4.87. The monoisotopic (exact) mass is 295 g/mol. The summed E-state index contributed by atoms with van der Waals surface area (Å²) in [4.78, 5) is 22.9. The molecule has 0 radical (unpaired) electrons. The second-order valence-corrected chi connectivity index (χ2v) is 4.87. The van der Waals surface area contributed by atoms with Crippen LogP contribution in [0.1, 0.15) is 49.9 Å². The zero-order valence-electron chi connectivity index (χ0n) is 13.2. The molecule has 1 heterocycles. The van der Waals surface area contributed by atoms with Crippen LogP contribution in [0.3, 0.4) is 0 Å². The predicted octanol–water partition coefficient (Wildman–Crippen LogP) is 1.38. The first-order valence-electron chi connectivity index (χ1n) is 7.25. The van der Waals surface area contributed by atoms with Crippen molar-refractivity contribution in [3.05, 3.63) is 17.7 Å². The predicted molar refractivity (Wildman–Crippen MR) is 82.0 cm³/mol. The number of carbonyl (C=O) groups excluding carboxylic acids is 1. The van der Waals surface area contributed by atoms with E-state index in [-0.39, 0.29) is 11.8 Å². The minimum absolute atomic E-state index is 0.141. The number of nitrogens with zero attached hydrogens (tertiary/aromatic N) is 3. The SMILES string of the molecule is CCOCCN(CC)C(=O)c1nc(C(C)C)ncc1NN. The number of aromatic nitrogens is 2. The molecule has 0 aromatic carbocycles. The van der Waals surface area contributed by atoms with Crippen molar-refractivity contribution < 1.29 is 9.53 Å². The minimum Gasteiger partial charge on any atom is -0.380 e. The molecule has 7 nitrogen and oxygen atoms in total. The van der Waals surface area contributed by atoms with E-state index >= 15 is 0 Å². The van der Waals surface area contributed by atoms with Crippen LogP contribution >= 0.6 is 0 Å². The quantitative estimate of drug-likeness (QED) is 0.427. The van der Waals surface area contributed by atoms with Crippen LogP contribution in [0.5, 0.6) is 0 Å². The Morgan fingerprint density at radius 1 is 1.48 bits per heavy atom. The zero-order chi connectivity index (χ0) is 15.8. The highest BCUT2D eigenvalue weighted by atomic mass is 16.5. The molecule has 0 aliphatic rings. The number of nitrogens with two attached hydrogens (primary N) is 1. The van der Waals surface area contributed by atoms with Crippen LogP contribution in [0.2, 0.25) is 0 Å². The van der Waals surface area contributed by atoms with Crippen molar-refractivity contribution in [2.24, 2.45) is 5.84 Å². The van der Waals surface area contributed by atoms with Crippen LogP contribution in [-0.4, -0.2) is 47.1 Å². The number of hydrazine groups is 1. The standard InChI is InChI=1S/C14H25N5O2/c1-5-19(7-8-21-6-2)14(20)12-11(18-15)9-16-13(17-12)10(3)4/h9-10,18H,5-8,15H2,1-4H3. The fourth-order valence-electron chi connectivity index (χ4n) is 1.81. The average Bonchev–Trinajstić information content (AvgIpc) is 2.50. The van der Waals surface area contributed by atoms with E-state index in [2.05, 4.69) is 15.4 Å². The Kier molecular flexibility index (Phi) is 7.04. The van der Waals surface area contributed by atoms with Crippen molar-refractivity contribution in [3.8, 4) is 0 Å². The maximum absolute atomic E-state index is 12.6. The summed E-state index contributed by atoms with van der Waals surface area (Å²) in [6, 6.07) is 0. The Bertz CT molecular complexity index is 465. The van der Waals surface area contributed by atoms with E-state index in [1.165, 1.54) is 0 Å². The lowest BCUT2D eigenvalue weighted by molar-refractivity contribution is 0.0664. The molecule has 0 saturated carbocycles. The smallest absolute Gasteiger partial charge is 0.274 e. The molecule has 0 saturated heterocycles. The molecule has 0 aliphatic heterocycles. The van der Waals surface area contributed by atoms with Crippen LogP contribution in [0.4, 0.5) is 5.69 Å². The van der Waals surface area contributed by atoms with Crippen molar-refractivity contribution >= 4 is 11.6 Å². The van der Waals surface area contributed by atoms with Gasteiger partial charge >= 0.3 is 0 Å². The fraction of sp³-hybridized carbons (Fsp3) is 0.643. The number of hydrogen-bond donors (Lipinski definition) is 2. The number of rotatable bonds is 8. The van der Waals surface area contributed by atoms with Crippen molar-refractivity contribution in [1.82, 2.24) is 14.9 Å². The molecule has 0 unspecified atom stereocenters. The summed E-state index contributed by atoms with van der Waals surface area (Å²) < 4.78 is 5.30. The largest absolute Gasteiger partial charge is 0.380 e. The molecule has 3 N–H and O–H groups in total. The van der Waals surface area contributed by atoms with Gasteiger partial charge in [-0.2, -0.15) is 0 Å². The van der Waals surface area contributed by atoms with Crippen molar-refractivity contribution in [1.29, 1.82) is 0 Å². The lowest BCUT2D eigenvalue weighted by atomic mass is 10.2. The van der Waals surface area contributed by atoms with E-state index < -0.39 is 0 Å². The lowest BCUT2D eigenvalue weighted by Crippen LogP contribution is -2.35. The summed E-state index contributed by atoms with van der Waals surface area (Å²) in [6.07, 6.45) is 1.55. The highest BCUT2D eigenvalue weighted by Crippen LogP contribution is 2.17. The third-order valence-electron chi connectivity index (χ3n) is 3.06. The van der Waals surface area contributed by atoms with E-state index in [1.54, 1.807) is 11.1 Å². The summed E-state index contributed by atoms with van der Waals surface area (Å²) in [5, 5.41) is 0. The molecule has 1 aromatic heterocycles. The summed E-state index contributed by atoms with van der Waals surface area (Å²) >= 11 is 0. The third-order valence-corrected chi connectivity index (χ3v) is 3.06. The van der Waals surface area contributed by atoms with Gasteiger partial charge < -0.3 is 15.1 Å². The number of nitrogen functional groups attached to an aromatic ring is 1. The number of carbonyl (C=O) groups is 1. The zero-order valence-corrected chi connectivity index (χ0v) is 13.2. The normalized spacial score (nSPS) is 10.8. The molecule has 7 heteroatoms. The first kappa shape index (κ1) is 17.3. The molecule has 1 aromatic rings. The topological polar surface area (TPSA) is 93.4 Å². The maximum Gasteiger partial charge on any atom is 0.274 e. The van der Waals surface area contributed by atoms with E-state index in [4.69, 9.17) is 10.6 Å². The van der Waals surface area contributed by atoms with Crippen molar-refractivity contribution in [2.75, 3.05) is 31.7 Å². The van der Waals surface area contributed by atoms with Crippen LogP contribution < -0.4 is 11.3 Å². The molecule has 118 valence electrons. The van der Waals surface area contributed by atoms with Gasteiger partial charge in [-0.15, -0.1) is 0 Å². The number of anilines is 1. The van der Waals surface area contributed by atoms with Crippen molar-refractivity contribution in [3.63, 3.8) is 0 Å². The summed E-state index contributed by atoms with van der Waals surface area (Å²) in [5.41, 5.74) is 3.22. The number of amides is 1. The van der Waals surface area contributed by atoms with Gasteiger partial charge in [-0.25, -0.2) is 9.97 Å². The van der Waals surface area contributed by atoms with Gasteiger partial charge in [-0.1, -0.05) is 13.8 Å². The Labute approximate surface area is 125 Å². The van der Waals surface area contributed by atoms with Gasteiger partial charge in [-0.05, 0) is 13.8 Å². The molecule has 0 aliphatic carbocycles. The van der Waals surface area contributed by atoms with Gasteiger partial charge in [0.1, 0.15) is 5.82 Å². The summed E-state index contributed by atoms with van der Waals surface area (Å²) in [5.74, 6) is 6.04. The number of likely N-dealkylation sites (N-methyl/N-ethyl adjacent to an activating group) is 1. The van der Waals surface area contributed by atoms with Gasteiger partial charge in [0.05, 0.1) is 18.5 Å². The van der Waals surface area contributed by atoms with Crippen LogP contribution in [-0.2, 0) is 4.74 Å². The average molecular weight is 295 g/mol. The Balaban J connectivity index is 2.99. The van der Waals surface area contributed by atoms with Gasteiger partial charge in [0.15, 0.2) is 5.69 Å². The number of ether oxygens (including phenoxy) is 1. The van der Waals surface area contributed by atoms with Crippen LogP contribution in [0, 0.1) is 0 Å². The Morgan fingerprint density at radius 3 is 2.71 bits per heavy atom. The minimum atomic E-state index is -0.172. The Hall–Kier alpha value is -1.73. The first-order chi connectivity index (χ1) is 10.0. The fourth-order valence-corrected chi connectivity index (χ4v) is 1.81. The molecule has 0 atom stereocenters. The van der Waals surface area contributed by atoms with E-state index in [0.717, 1.165) is 0 Å². The molecule has 1 amide bonds. The Morgan fingerprint density at radius 2 is 2.19 bits per heavy atom. The van der Waals surface area contributed by atoms with Crippen molar-refractivity contribution in [2.45, 2.75) is 33.6 Å². The van der Waals surface area contributed by atoms with Gasteiger partial charge in [0.25, 0.3) is 5.91 Å². The van der Waals surface area contributed by atoms with E-state index in [0.29, 0.717) is 43.5 Å². The molecule has 1 rings (SSSR count). The number of hydrogen-bond acceptors (Lipinski definition) is 6. The van der Waals surface area contributed by atoms with E-state index in [1.807, 2.05) is 27.7 Å². The molecule has 21 heavy (non-hydrogen) atoms.